The number of anilines is 1. The predicted molar refractivity (Wildman–Crippen MR) is 115 cm³/mol. The zero-order chi connectivity index (χ0) is 21.0. The van der Waals surface area contributed by atoms with Crippen molar-refractivity contribution in [3.8, 4) is 0 Å². The lowest BCUT2D eigenvalue weighted by Crippen LogP contribution is -2.45. The van der Waals surface area contributed by atoms with Gasteiger partial charge in [0.05, 0.1) is 0 Å². The molecule has 0 N–H and O–H groups in total. The van der Waals surface area contributed by atoms with Crippen LogP contribution in [0, 0.1) is 5.92 Å². The van der Waals surface area contributed by atoms with Crippen LogP contribution in [0.3, 0.4) is 0 Å². The van der Waals surface area contributed by atoms with Crippen LogP contribution in [0.25, 0.3) is 0 Å². The lowest BCUT2D eigenvalue weighted by atomic mass is 9.95. The molecule has 29 heavy (non-hydrogen) atoms. The molecular weight excluding hydrogens is 366 g/mol. The number of para-hydroxylation sites is 1. The summed E-state index contributed by atoms with van der Waals surface area (Å²) in [7, 11) is 1.89. The van der Waals surface area contributed by atoms with Gasteiger partial charge in [0.25, 0.3) is 0 Å². The Morgan fingerprint density at radius 2 is 1.69 bits per heavy atom. The van der Waals surface area contributed by atoms with Crippen LogP contribution in [0.1, 0.15) is 52.0 Å². The number of hydrogen-bond donors (Lipinski definition) is 0. The smallest absolute Gasteiger partial charge is 0.410 e. The van der Waals surface area contributed by atoms with Gasteiger partial charge >= 0.3 is 6.09 Å². The molecule has 0 aromatic heterocycles. The molecule has 2 amide bonds. The number of benzene rings is 1. The molecule has 2 heterocycles. The van der Waals surface area contributed by atoms with E-state index in [0.717, 1.165) is 13.1 Å². The summed E-state index contributed by atoms with van der Waals surface area (Å²) in [6.07, 6.45) is 3.57. The number of hydrogen-bond acceptors (Lipinski definition) is 4. The van der Waals surface area contributed by atoms with Crippen molar-refractivity contribution >= 4 is 17.7 Å². The molecule has 3 rings (SSSR count). The van der Waals surface area contributed by atoms with E-state index in [9.17, 15) is 9.59 Å². The highest BCUT2D eigenvalue weighted by atomic mass is 16.6. The summed E-state index contributed by atoms with van der Waals surface area (Å²) in [4.78, 5) is 31.2. The van der Waals surface area contributed by atoms with Crippen molar-refractivity contribution in [3.05, 3.63) is 29.8 Å². The normalized spacial score (nSPS) is 18.1. The summed E-state index contributed by atoms with van der Waals surface area (Å²) in [6.45, 7) is 9.57. The summed E-state index contributed by atoms with van der Waals surface area (Å²) in [5.41, 5.74) is 1.97. The molecule has 0 aliphatic carbocycles. The zero-order valence-corrected chi connectivity index (χ0v) is 18.3. The van der Waals surface area contributed by atoms with Gasteiger partial charge in [0, 0.05) is 51.4 Å². The molecule has 6 nitrogen and oxygen atoms in total. The van der Waals surface area contributed by atoms with Gasteiger partial charge in [-0.1, -0.05) is 18.2 Å². The van der Waals surface area contributed by atoms with Gasteiger partial charge in [-0.05, 0) is 58.1 Å². The third kappa shape index (κ3) is 5.64. The highest BCUT2D eigenvalue weighted by Crippen LogP contribution is 2.27. The molecule has 2 saturated heterocycles. The molecule has 0 bridgehead atoms. The van der Waals surface area contributed by atoms with E-state index in [4.69, 9.17) is 4.74 Å². The molecule has 2 fully saturated rings. The molecule has 0 radical (unpaired) electrons. The van der Waals surface area contributed by atoms with E-state index >= 15 is 0 Å². The second-order valence-electron chi connectivity index (χ2n) is 9.26. The first-order valence-electron chi connectivity index (χ1n) is 10.8. The molecule has 0 atom stereocenters. The van der Waals surface area contributed by atoms with E-state index in [1.54, 1.807) is 4.90 Å². The first-order chi connectivity index (χ1) is 13.7. The number of likely N-dealkylation sites (tertiary alicyclic amines) is 1. The van der Waals surface area contributed by atoms with Gasteiger partial charge in [-0.15, -0.1) is 0 Å². The van der Waals surface area contributed by atoms with E-state index in [1.165, 1.54) is 24.1 Å². The molecule has 1 aromatic carbocycles. The monoisotopic (exact) mass is 401 g/mol. The van der Waals surface area contributed by atoms with Crippen LogP contribution in [0.2, 0.25) is 0 Å². The van der Waals surface area contributed by atoms with Crippen molar-refractivity contribution < 1.29 is 14.3 Å². The summed E-state index contributed by atoms with van der Waals surface area (Å²) < 4.78 is 5.45. The van der Waals surface area contributed by atoms with Gasteiger partial charge in [0.1, 0.15) is 5.60 Å². The van der Waals surface area contributed by atoms with Gasteiger partial charge in [-0.3, -0.25) is 4.79 Å². The van der Waals surface area contributed by atoms with Crippen molar-refractivity contribution in [2.24, 2.45) is 5.92 Å². The highest BCUT2D eigenvalue weighted by molar-refractivity contribution is 5.79. The van der Waals surface area contributed by atoms with Crippen LogP contribution in [-0.4, -0.2) is 60.6 Å². The lowest BCUT2D eigenvalue weighted by Gasteiger charge is -2.34. The van der Waals surface area contributed by atoms with Gasteiger partial charge in [0.2, 0.25) is 5.91 Å². The molecule has 2 aliphatic heterocycles. The van der Waals surface area contributed by atoms with Crippen LogP contribution in [0.4, 0.5) is 10.5 Å². The first-order valence-corrected chi connectivity index (χ1v) is 10.8. The molecule has 0 unspecified atom stereocenters. The molecular formula is C23H35N3O3. The predicted octanol–water partition coefficient (Wildman–Crippen LogP) is 3.89. The maximum Gasteiger partial charge on any atom is 0.410 e. The molecule has 0 spiro atoms. The van der Waals surface area contributed by atoms with Gasteiger partial charge in [-0.2, -0.15) is 0 Å². The average molecular weight is 402 g/mol. The minimum Gasteiger partial charge on any atom is -0.444 e. The Hall–Kier alpha value is -2.24. The van der Waals surface area contributed by atoms with Gasteiger partial charge < -0.3 is 19.4 Å². The quantitative estimate of drug-likeness (QED) is 0.768. The Kier molecular flexibility index (Phi) is 6.70. The molecule has 0 saturated carbocycles. The van der Waals surface area contributed by atoms with Crippen LogP contribution < -0.4 is 4.90 Å². The largest absolute Gasteiger partial charge is 0.444 e. The fourth-order valence-electron chi connectivity index (χ4n) is 4.19. The summed E-state index contributed by atoms with van der Waals surface area (Å²) in [5.74, 6) is 0.141. The standard InChI is InChI=1S/C23H35N3O3/c1-23(2,3)29-22(28)26-15-11-18(12-16-26)21(27)24(4)17-19-9-5-6-10-20(19)25-13-7-8-14-25/h5-6,9-10,18H,7-8,11-17H2,1-4H3. The Labute approximate surface area is 174 Å². The first kappa shape index (κ1) is 21.5. The Morgan fingerprint density at radius 3 is 2.31 bits per heavy atom. The number of ether oxygens (including phenoxy) is 1. The fraction of sp³-hybridized carbons (Fsp3) is 0.652. The van der Waals surface area contributed by atoms with Gasteiger partial charge in [-0.25, -0.2) is 4.79 Å². The molecule has 1 aromatic rings. The maximum absolute atomic E-state index is 13.0. The minimum atomic E-state index is -0.493. The molecule has 6 heteroatoms. The van der Waals surface area contributed by atoms with Crippen molar-refractivity contribution in [2.75, 3.05) is 38.1 Å². The third-order valence-electron chi connectivity index (χ3n) is 5.72. The highest BCUT2D eigenvalue weighted by Gasteiger charge is 2.31. The summed E-state index contributed by atoms with van der Waals surface area (Å²) in [6, 6.07) is 8.42. The SMILES string of the molecule is CN(Cc1ccccc1N1CCCC1)C(=O)C1CCN(C(=O)OC(C)(C)C)CC1. The van der Waals surface area contributed by atoms with E-state index in [-0.39, 0.29) is 17.9 Å². The number of rotatable bonds is 4. The number of amides is 2. The number of piperidine rings is 1. The van der Waals surface area contributed by atoms with Crippen LogP contribution in [0.15, 0.2) is 24.3 Å². The van der Waals surface area contributed by atoms with Crippen molar-refractivity contribution in [2.45, 2.75) is 58.6 Å². The Morgan fingerprint density at radius 1 is 1.07 bits per heavy atom. The third-order valence-corrected chi connectivity index (χ3v) is 5.72. The second-order valence-corrected chi connectivity index (χ2v) is 9.26. The number of carbonyl (C=O) groups is 2. The molecule has 160 valence electrons. The topological polar surface area (TPSA) is 53.1 Å². The second kappa shape index (κ2) is 9.06. The van der Waals surface area contributed by atoms with Crippen LogP contribution in [0.5, 0.6) is 0 Å². The van der Waals surface area contributed by atoms with Crippen LogP contribution >= 0.6 is 0 Å². The van der Waals surface area contributed by atoms with Crippen molar-refractivity contribution in [1.29, 1.82) is 0 Å². The van der Waals surface area contributed by atoms with Crippen molar-refractivity contribution in [1.82, 2.24) is 9.80 Å². The number of carbonyl (C=O) groups excluding carboxylic acids is 2. The summed E-state index contributed by atoms with van der Waals surface area (Å²) in [5, 5.41) is 0. The maximum atomic E-state index is 13.0. The Balaban J connectivity index is 1.55. The van der Waals surface area contributed by atoms with E-state index in [2.05, 4.69) is 23.1 Å². The van der Waals surface area contributed by atoms with Crippen molar-refractivity contribution in [3.63, 3.8) is 0 Å². The van der Waals surface area contributed by atoms with Gasteiger partial charge in [0.15, 0.2) is 0 Å². The average Bonchev–Trinajstić information content (AvgIpc) is 3.21. The lowest BCUT2D eigenvalue weighted by molar-refractivity contribution is -0.136. The number of nitrogens with zero attached hydrogens (tertiary/aromatic N) is 3. The Bertz CT molecular complexity index is 714. The summed E-state index contributed by atoms with van der Waals surface area (Å²) >= 11 is 0. The minimum absolute atomic E-state index is 0.0300. The van der Waals surface area contributed by atoms with E-state index in [1.807, 2.05) is 38.8 Å². The fourth-order valence-corrected chi connectivity index (χ4v) is 4.19. The molecule has 2 aliphatic rings. The van der Waals surface area contributed by atoms with E-state index < -0.39 is 5.60 Å². The van der Waals surface area contributed by atoms with Crippen LogP contribution in [-0.2, 0) is 16.1 Å². The zero-order valence-electron chi connectivity index (χ0n) is 18.3. The van der Waals surface area contributed by atoms with E-state index in [0.29, 0.717) is 32.5 Å².